The molecule has 0 radical (unpaired) electrons. The molecule has 1 N–H and O–H groups in total. The summed E-state index contributed by atoms with van der Waals surface area (Å²) in [5.41, 5.74) is 2.58. The fourth-order valence-electron chi connectivity index (χ4n) is 2.57. The van der Waals surface area contributed by atoms with Crippen LogP contribution in [0.2, 0.25) is 0 Å². The Bertz CT molecular complexity index is 550. The number of halogens is 1. The maximum Gasteiger partial charge on any atom is 0.0950 e. The number of morpholine rings is 1. The van der Waals surface area contributed by atoms with E-state index in [2.05, 4.69) is 69.8 Å². The topological polar surface area (TPSA) is 21.3 Å². The van der Waals surface area contributed by atoms with Gasteiger partial charge in [0.1, 0.15) is 0 Å². The van der Waals surface area contributed by atoms with Gasteiger partial charge in [-0.25, -0.2) is 0 Å². The van der Waals surface area contributed by atoms with Crippen molar-refractivity contribution in [2.24, 2.45) is 0 Å². The van der Waals surface area contributed by atoms with Crippen molar-refractivity contribution in [1.29, 1.82) is 0 Å². The molecule has 0 bridgehead atoms. The van der Waals surface area contributed by atoms with Crippen LogP contribution in [0.25, 0.3) is 0 Å². The molecule has 2 nitrogen and oxygen atoms in total. The van der Waals surface area contributed by atoms with Crippen LogP contribution in [0.3, 0.4) is 0 Å². The van der Waals surface area contributed by atoms with Crippen LogP contribution < -0.4 is 5.32 Å². The molecule has 0 aliphatic carbocycles. The first-order valence-corrected chi connectivity index (χ1v) is 7.75. The van der Waals surface area contributed by atoms with Gasteiger partial charge >= 0.3 is 0 Å². The number of ether oxygens (including phenoxy) is 1. The molecule has 2 unspecified atom stereocenters. The first-order chi connectivity index (χ1) is 9.81. The zero-order valence-corrected chi connectivity index (χ0v) is 12.8. The Morgan fingerprint density at radius 3 is 2.65 bits per heavy atom. The van der Waals surface area contributed by atoms with E-state index in [9.17, 15) is 0 Å². The molecule has 1 saturated heterocycles. The Kier molecular flexibility index (Phi) is 4.51. The lowest BCUT2D eigenvalue weighted by Gasteiger charge is -2.30. The van der Waals surface area contributed by atoms with Gasteiger partial charge in [0.25, 0.3) is 0 Å². The molecule has 104 valence electrons. The zero-order valence-electron chi connectivity index (χ0n) is 11.3. The SMILES string of the molecule is Brc1cccc(C2CNC(Cc3ccccc3)CO2)c1. The molecule has 1 heterocycles. The van der Waals surface area contributed by atoms with E-state index in [1.807, 2.05) is 6.07 Å². The Labute approximate surface area is 128 Å². The van der Waals surface area contributed by atoms with Crippen LogP contribution in [0, 0.1) is 0 Å². The van der Waals surface area contributed by atoms with Crippen molar-refractivity contribution in [1.82, 2.24) is 5.32 Å². The molecule has 0 aromatic heterocycles. The Hall–Kier alpha value is -1.16. The summed E-state index contributed by atoms with van der Waals surface area (Å²) in [6.45, 7) is 1.63. The van der Waals surface area contributed by atoms with Crippen LogP contribution in [0.15, 0.2) is 59.1 Å². The molecule has 0 amide bonds. The van der Waals surface area contributed by atoms with E-state index in [1.165, 1.54) is 11.1 Å². The molecule has 3 heteroatoms. The van der Waals surface area contributed by atoms with Crippen molar-refractivity contribution in [2.75, 3.05) is 13.2 Å². The second-order valence-corrected chi connectivity index (χ2v) is 6.09. The first kappa shape index (κ1) is 13.8. The summed E-state index contributed by atoms with van der Waals surface area (Å²) in [4.78, 5) is 0. The number of benzene rings is 2. The summed E-state index contributed by atoms with van der Waals surface area (Å²) < 4.78 is 7.12. The van der Waals surface area contributed by atoms with Crippen LogP contribution >= 0.6 is 15.9 Å². The normalized spacial score (nSPS) is 22.6. The Morgan fingerprint density at radius 2 is 1.95 bits per heavy atom. The van der Waals surface area contributed by atoms with E-state index in [-0.39, 0.29) is 6.10 Å². The highest BCUT2D eigenvalue weighted by molar-refractivity contribution is 9.10. The molecular formula is C17H18BrNO. The van der Waals surface area contributed by atoms with E-state index in [0.29, 0.717) is 6.04 Å². The fraction of sp³-hybridized carbons (Fsp3) is 0.294. The number of rotatable bonds is 3. The van der Waals surface area contributed by atoms with Gasteiger partial charge in [0.15, 0.2) is 0 Å². The third-order valence-electron chi connectivity index (χ3n) is 3.64. The van der Waals surface area contributed by atoms with Crippen molar-refractivity contribution in [3.8, 4) is 0 Å². The molecular weight excluding hydrogens is 314 g/mol. The Morgan fingerprint density at radius 1 is 1.10 bits per heavy atom. The summed E-state index contributed by atoms with van der Waals surface area (Å²) >= 11 is 3.51. The van der Waals surface area contributed by atoms with Gasteiger partial charge in [-0.1, -0.05) is 58.4 Å². The van der Waals surface area contributed by atoms with Crippen LogP contribution in [-0.2, 0) is 11.2 Å². The van der Waals surface area contributed by atoms with E-state index in [1.54, 1.807) is 0 Å². The van der Waals surface area contributed by atoms with Crippen molar-refractivity contribution < 1.29 is 4.74 Å². The summed E-state index contributed by atoms with van der Waals surface area (Å²) in [5.74, 6) is 0. The predicted molar refractivity (Wildman–Crippen MR) is 84.8 cm³/mol. The molecule has 20 heavy (non-hydrogen) atoms. The minimum Gasteiger partial charge on any atom is -0.371 e. The van der Waals surface area contributed by atoms with E-state index >= 15 is 0 Å². The van der Waals surface area contributed by atoms with Crippen molar-refractivity contribution in [3.05, 3.63) is 70.2 Å². The Balaban J connectivity index is 1.57. The van der Waals surface area contributed by atoms with Gasteiger partial charge in [-0.05, 0) is 29.7 Å². The molecule has 0 saturated carbocycles. The second-order valence-electron chi connectivity index (χ2n) is 5.17. The minimum atomic E-state index is 0.152. The molecule has 0 spiro atoms. The fourth-order valence-corrected chi connectivity index (χ4v) is 2.99. The second kappa shape index (κ2) is 6.53. The lowest BCUT2D eigenvalue weighted by molar-refractivity contribution is 0.00304. The summed E-state index contributed by atoms with van der Waals surface area (Å²) in [5, 5.41) is 3.60. The van der Waals surface area contributed by atoms with Gasteiger partial charge in [-0.3, -0.25) is 0 Å². The monoisotopic (exact) mass is 331 g/mol. The largest absolute Gasteiger partial charge is 0.371 e. The predicted octanol–water partition coefficient (Wildman–Crippen LogP) is 3.72. The molecule has 2 aromatic rings. The number of hydrogen-bond acceptors (Lipinski definition) is 2. The quantitative estimate of drug-likeness (QED) is 0.925. The average molecular weight is 332 g/mol. The third kappa shape index (κ3) is 3.48. The van der Waals surface area contributed by atoms with Crippen molar-refractivity contribution in [3.63, 3.8) is 0 Å². The van der Waals surface area contributed by atoms with Crippen LogP contribution in [0.4, 0.5) is 0 Å². The van der Waals surface area contributed by atoms with E-state index < -0.39 is 0 Å². The van der Waals surface area contributed by atoms with Crippen molar-refractivity contribution in [2.45, 2.75) is 18.6 Å². The average Bonchev–Trinajstić information content (AvgIpc) is 2.49. The van der Waals surface area contributed by atoms with Crippen molar-refractivity contribution >= 4 is 15.9 Å². The van der Waals surface area contributed by atoms with E-state index in [0.717, 1.165) is 24.0 Å². The van der Waals surface area contributed by atoms with Crippen LogP contribution in [0.5, 0.6) is 0 Å². The molecule has 1 aliphatic heterocycles. The maximum absolute atomic E-state index is 6.02. The number of nitrogens with one attached hydrogen (secondary N) is 1. The van der Waals surface area contributed by atoms with Gasteiger partial charge in [0.2, 0.25) is 0 Å². The highest BCUT2D eigenvalue weighted by atomic mass is 79.9. The zero-order chi connectivity index (χ0) is 13.8. The third-order valence-corrected chi connectivity index (χ3v) is 4.13. The van der Waals surface area contributed by atoms with Gasteiger partial charge in [-0.2, -0.15) is 0 Å². The smallest absolute Gasteiger partial charge is 0.0950 e. The molecule has 1 fully saturated rings. The van der Waals surface area contributed by atoms with Gasteiger partial charge in [-0.15, -0.1) is 0 Å². The highest BCUT2D eigenvalue weighted by Gasteiger charge is 2.22. The summed E-state index contributed by atoms with van der Waals surface area (Å²) in [6, 6.07) is 19.3. The molecule has 2 aromatic carbocycles. The summed E-state index contributed by atoms with van der Waals surface area (Å²) in [7, 11) is 0. The molecule has 1 aliphatic rings. The van der Waals surface area contributed by atoms with Gasteiger partial charge in [0.05, 0.1) is 12.7 Å². The minimum absolute atomic E-state index is 0.152. The van der Waals surface area contributed by atoms with E-state index in [4.69, 9.17) is 4.74 Å². The summed E-state index contributed by atoms with van der Waals surface area (Å²) in [6.07, 6.45) is 1.17. The van der Waals surface area contributed by atoms with Gasteiger partial charge < -0.3 is 10.1 Å². The van der Waals surface area contributed by atoms with Crippen LogP contribution in [-0.4, -0.2) is 19.2 Å². The van der Waals surface area contributed by atoms with Gasteiger partial charge in [0, 0.05) is 17.1 Å². The van der Waals surface area contributed by atoms with Crippen LogP contribution in [0.1, 0.15) is 17.2 Å². The lowest BCUT2D eigenvalue weighted by Crippen LogP contribution is -2.44. The standard InChI is InChI=1S/C17H18BrNO/c18-15-8-4-7-14(10-15)17-11-19-16(12-20-17)9-13-5-2-1-3-6-13/h1-8,10,16-17,19H,9,11-12H2. The maximum atomic E-state index is 6.02. The number of hydrogen-bond donors (Lipinski definition) is 1. The molecule has 2 atom stereocenters. The first-order valence-electron chi connectivity index (χ1n) is 6.95. The highest BCUT2D eigenvalue weighted by Crippen LogP contribution is 2.23. The molecule has 3 rings (SSSR count). The lowest BCUT2D eigenvalue weighted by atomic mass is 10.0.